The number of benzene rings is 2. The van der Waals surface area contributed by atoms with Crippen LogP contribution in [-0.2, 0) is 22.4 Å². The summed E-state index contributed by atoms with van der Waals surface area (Å²) in [5.41, 5.74) is 6.61. The van der Waals surface area contributed by atoms with Crippen LogP contribution in [0.4, 0.5) is 8.78 Å². The van der Waals surface area contributed by atoms with Gasteiger partial charge in [0.25, 0.3) is 0 Å². The number of halogens is 2. The molecule has 132 valence electrons. The van der Waals surface area contributed by atoms with Crippen molar-refractivity contribution < 1.29 is 23.5 Å². The van der Waals surface area contributed by atoms with Crippen molar-refractivity contribution in [1.29, 1.82) is 0 Å². The number of carbonyl (C=O) groups excluding carboxylic acids is 1. The Bertz CT molecular complexity index is 750. The maximum Gasteiger partial charge on any atom is 0.326 e. The van der Waals surface area contributed by atoms with E-state index in [1.54, 1.807) is 6.07 Å². The minimum Gasteiger partial charge on any atom is -0.480 e. The quantitative estimate of drug-likeness (QED) is 0.709. The van der Waals surface area contributed by atoms with E-state index in [1.165, 1.54) is 42.5 Å². The Morgan fingerprint density at radius 1 is 1.04 bits per heavy atom. The molecule has 7 heteroatoms. The molecule has 2 aromatic carbocycles. The fraction of sp³-hybridized carbons (Fsp3) is 0.222. The second-order valence-electron chi connectivity index (χ2n) is 5.63. The molecular weight excluding hydrogens is 330 g/mol. The first-order valence-electron chi connectivity index (χ1n) is 7.63. The Kier molecular flexibility index (Phi) is 6.19. The van der Waals surface area contributed by atoms with Gasteiger partial charge < -0.3 is 16.2 Å². The van der Waals surface area contributed by atoms with Crippen LogP contribution in [0.2, 0.25) is 0 Å². The number of carboxylic acids is 1. The molecule has 0 spiro atoms. The highest BCUT2D eigenvalue weighted by molar-refractivity contribution is 5.87. The van der Waals surface area contributed by atoms with E-state index in [-0.39, 0.29) is 18.4 Å². The second-order valence-corrected chi connectivity index (χ2v) is 5.63. The van der Waals surface area contributed by atoms with Gasteiger partial charge in [-0.15, -0.1) is 0 Å². The Balaban J connectivity index is 2.00. The van der Waals surface area contributed by atoms with Crippen LogP contribution in [-0.4, -0.2) is 29.1 Å². The van der Waals surface area contributed by atoms with Crippen LogP contribution in [0.5, 0.6) is 0 Å². The Morgan fingerprint density at radius 3 is 2.28 bits per heavy atom. The van der Waals surface area contributed by atoms with E-state index >= 15 is 0 Å². The summed E-state index contributed by atoms with van der Waals surface area (Å²) >= 11 is 0. The summed E-state index contributed by atoms with van der Waals surface area (Å²) in [7, 11) is 0. The smallest absolute Gasteiger partial charge is 0.326 e. The van der Waals surface area contributed by atoms with Crippen LogP contribution in [0.1, 0.15) is 11.1 Å². The maximum atomic E-state index is 13.7. The molecule has 5 nitrogen and oxygen atoms in total. The average molecular weight is 348 g/mol. The number of rotatable bonds is 7. The summed E-state index contributed by atoms with van der Waals surface area (Å²) in [5, 5.41) is 11.6. The van der Waals surface area contributed by atoms with Crippen molar-refractivity contribution in [3.05, 3.63) is 71.3 Å². The van der Waals surface area contributed by atoms with Crippen LogP contribution >= 0.6 is 0 Å². The third-order valence-corrected chi connectivity index (χ3v) is 3.70. The summed E-state index contributed by atoms with van der Waals surface area (Å²) < 4.78 is 26.5. The minimum absolute atomic E-state index is 0.123. The van der Waals surface area contributed by atoms with Gasteiger partial charge in [0.05, 0.1) is 6.04 Å². The number of amides is 1. The zero-order valence-electron chi connectivity index (χ0n) is 13.3. The fourth-order valence-corrected chi connectivity index (χ4v) is 2.33. The molecule has 0 saturated carbocycles. The normalized spacial score (nSPS) is 13.1. The van der Waals surface area contributed by atoms with E-state index in [9.17, 15) is 23.5 Å². The highest BCUT2D eigenvalue weighted by Crippen LogP contribution is 2.10. The number of carbonyl (C=O) groups is 2. The van der Waals surface area contributed by atoms with Gasteiger partial charge in [-0.05, 0) is 35.7 Å². The van der Waals surface area contributed by atoms with Gasteiger partial charge in [0.15, 0.2) is 0 Å². The standard InChI is InChI=1S/C18H18F2N2O3/c19-13-7-5-11(6-8-13)9-15(21)17(23)22-16(18(24)25)10-12-3-1-2-4-14(12)20/h1-8,15-16H,9-10,21H2,(H,22,23)(H,24,25). The third kappa shape index (κ3) is 5.36. The minimum atomic E-state index is -1.30. The molecule has 0 aromatic heterocycles. The van der Waals surface area contributed by atoms with Crippen LogP contribution in [0.15, 0.2) is 48.5 Å². The number of nitrogens with two attached hydrogens (primary N) is 1. The lowest BCUT2D eigenvalue weighted by Crippen LogP contribution is -2.50. The van der Waals surface area contributed by atoms with E-state index in [0.29, 0.717) is 5.56 Å². The number of hydrogen-bond donors (Lipinski definition) is 3. The third-order valence-electron chi connectivity index (χ3n) is 3.70. The summed E-state index contributed by atoms with van der Waals surface area (Å²) in [6.07, 6.45) is -0.0742. The topological polar surface area (TPSA) is 92.4 Å². The highest BCUT2D eigenvalue weighted by Gasteiger charge is 2.24. The van der Waals surface area contributed by atoms with Crippen molar-refractivity contribution in [2.24, 2.45) is 5.73 Å². The van der Waals surface area contributed by atoms with Gasteiger partial charge in [-0.1, -0.05) is 30.3 Å². The first-order valence-corrected chi connectivity index (χ1v) is 7.63. The number of nitrogens with one attached hydrogen (secondary N) is 1. The predicted molar refractivity (Wildman–Crippen MR) is 87.7 cm³/mol. The zero-order valence-corrected chi connectivity index (χ0v) is 13.3. The molecule has 25 heavy (non-hydrogen) atoms. The highest BCUT2D eigenvalue weighted by atomic mass is 19.1. The molecule has 0 aliphatic rings. The number of aliphatic carboxylic acids is 1. The largest absolute Gasteiger partial charge is 0.480 e. The predicted octanol–water partition coefficient (Wildman–Crippen LogP) is 1.65. The van der Waals surface area contributed by atoms with E-state index in [0.717, 1.165) is 0 Å². The summed E-state index contributed by atoms with van der Waals surface area (Å²) in [6.45, 7) is 0. The Hall–Kier alpha value is -2.80. The molecule has 0 radical (unpaired) electrons. The van der Waals surface area contributed by atoms with Gasteiger partial charge in [0, 0.05) is 6.42 Å². The summed E-state index contributed by atoms with van der Waals surface area (Å²) in [6, 6.07) is 8.93. The molecule has 2 rings (SSSR count). The van der Waals surface area contributed by atoms with Crippen molar-refractivity contribution >= 4 is 11.9 Å². The van der Waals surface area contributed by atoms with Crippen LogP contribution in [0, 0.1) is 11.6 Å². The lowest BCUT2D eigenvalue weighted by Gasteiger charge is -2.18. The summed E-state index contributed by atoms with van der Waals surface area (Å²) in [5.74, 6) is -2.91. The van der Waals surface area contributed by atoms with Gasteiger partial charge >= 0.3 is 5.97 Å². The first-order chi connectivity index (χ1) is 11.9. The molecule has 2 aromatic rings. The van der Waals surface area contributed by atoms with Gasteiger partial charge in [0.1, 0.15) is 17.7 Å². The van der Waals surface area contributed by atoms with Crippen LogP contribution in [0.3, 0.4) is 0 Å². The van der Waals surface area contributed by atoms with Crippen LogP contribution in [0.25, 0.3) is 0 Å². The second kappa shape index (κ2) is 8.34. The van der Waals surface area contributed by atoms with Gasteiger partial charge in [-0.25, -0.2) is 13.6 Å². The molecule has 2 atom stereocenters. The van der Waals surface area contributed by atoms with E-state index in [2.05, 4.69) is 5.32 Å². The van der Waals surface area contributed by atoms with Crippen molar-refractivity contribution in [1.82, 2.24) is 5.32 Å². The lowest BCUT2D eigenvalue weighted by atomic mass is 10.0. The zero-order chi connectivity index (χ0) is 18.4. The van der Waals surface area contributed by atoms with Crippen molar-refractivity contribution in [3.63, 3.8) is 0 Å². The van der Waals surface area contributed by atoms with Crippen molar-refractivity contribution in [2.75, 3.05) is 0 Å². The van der Waals surface area contributed by atoms with Crippen molar-refractivity contribution in [3.8, 4) is 0 Å². The molecule has 0 heterocycles. The molecule has 2 unspecified atom stereocenters. The lowest BCUT2D eigenvalue weighted by molar-refractivity contribution is -0.142. The van der Waals surface area contributed by atoms with Gasteiger partial charge in [-0.3, -0.25) is 4.79 Å². The summed E-state index contributed by atoms with van der Waals surface area (Å²) in [4.78, 5) is 23.5. The van der Waals surface area contributed by atoms with Gasteiger partial charge in [0.2, 0.25) is 5.91 Å². The Labute approximate surface area is 143 Å². The molecule has 0 aliphatic carbocycles. The average Bonchev–Trinajstić information content (AvgIpc) is 2.57. The molecule has 0 saturated heterocycles. The Morgan fingerprint density at radius 2 is 1.68 bits per heavy atom. The molecule has 1 amide bonds. The molecule has 0 fully saturated rings. The molecule has 4 N–H and O–H groups in total. The van der Waals surface area contributed by atoms with Crippen LogP contribution < -0.4 is 11.1 Å². The maximum absolute atomic E-state index is 13.7. The fourth-order valence-electron chi connectivity index (χ4n) is 2.33. The number of carboxylic acid groups (broad SMARTS) is 1. The number of hydrogen-bond acceptors (Lipinski definition) is 3. The van der Waals surface area contributed by atoms with Gasteiger partial charge in [-0.2, -0.15) is 0 Å². The molecular formula is C18H18F2N2O3. The molecule has 0 aliphatic heterocycles. The molecule has 0 bridgehead atoms. The van der Waals surface area contributed by atoms with E-state index in [1.807, 2.05) is 0 Å². The van der Waals surface area contributed by atoms with E-state index in [4.69, 9.17) is 5.73 Å². The SMILES string of the molecule is NC(Cc1ccc(F)cc1)C(=O)NC(Cc1ccccc1F)C(=O)O. The first kappa shape index (κ1) is 18.5. The van der Waals surface area contributed by atoms with E-state index < -0.39 is 35.6 Å². The van der Waals surface area contributed by atoms with Crippen molar-refractivity contribution in [2.45, 2.75) is 24.9 Å². The monoisotopic (exact) mass is 348 g/mol.